The van der Waals surface area contributed by atoms with Gasteiger partial charge in [0.2, 0.25) is 10.0 Å². The lowest BCUT2D eigenvalue weighted by molar-refractivity contribution is 0.102. The minimum Gasteiger partial charge on any atom is -0.322 e. The van der Waals surface area contributed by atoms with Crippen LogP contribution in [0.4, 0.5) is 5.69 Å². The molecule has 2 aromatic rings. The second-order valence-corrected chi connectivity index (χ2v) is 7.53. The van der Waals surface area contributed by atoms with Crippen molar-refractivity contribution in [2.75, 3.05) is 5.32 Å². The molecule has 0 aliphatic heterocycles. The highest BCUT2D eigenvalue weighted by Gasteiger charge is 2.28. The molecular weight excluding hydrogens is 336 g/mol. The van der Waals surface area contributed by atoms with Gasteiger partial charge in [0.15, 0.2) is 0 Å². The molecule has 0 radical (unpaired) electrons. The van der Waals surface area contributed by atoms with Crippen molar-refractivity contribution >= 4 is 33.2 Å². The summed E-state index contributed by atoms with van der Waals surface area (Å²) >= 11 is 5.79. The average Bonchev–Trinajstić information content (AvgIpc) is 3.31. The van der Waals surface area contributed by atoms with Crippen LogP contribution < -0.4 is 10.0 Å². The number of hydrogen-bond donors (Lipinski definition) is 2. The summed E-state index contributed by atoms with van der Waals surface area (Å²) in [5.74, 6) is -0.327. The third-order valence-electron chi connectivity index (χ3n) is 3.41. The first-order chi connectivity index (χ1) is 10.9. The number of benzene rings is 2. The standard InChI is InChI=1S/C16H15ClN2O3S/c17-12-6-4-11(5-7-12)16(20)18-14-2-1-3-15(10-14)23(21,22)19-13-8-9-13/h1-7,10,13,19H,8-9H2,(H,18,20). The van der Waals surface area contributed by atoms with Crippen molar-refractivity contribution in [3.05, 3.63) is 59.1 Å². The van der Waals surface area contributed by atoms with Crippen LogP contribution in [0.3, 0.4) is 0 Å². The quantitative estimate of drug-likeness (QED) is 0.870. The molecule has 7 heteroatoms. The Morgan fingerprint density at radius 3 is 2.43 bits per heavy atom. The van der Waals surface area contributed by atoms with Crippen LogP contribution in [0.1, 0.15) is 23.2 Å². The molecule has 0 atom stereocenters. The van der Waals surface area contributed by atoms with Gasteiger partial charge in [0.25, 0.3) is 5.91 Å². The number of carbonyl (C=O) groups excluding carboxylic acids is 1. The molecule has 1 fully saturated rings. The summed E-state index contributed by atoms with van der Waals surface area (Å²) in [4.78, 5) is 12.3. The summed E-state index contributed by atoms with van der Waals surface area (Å²) in [6, 6.07) is 12.7. The second-order valence-electron chi connectivity index (χ2n) is 5.38. The number of sulfonamides is 1. The van der Waals surface area contributed by atoms with E-state index < -0.39 is 10.0 Å². The van der Waals surface area contributed by atoms with Crippen LogP contribution in [0.2, 0.25) is 5.02 Å². The lowest BCUT2D eigenvalue weighted by Gasteiger charge is -2.09. The topological polar surface area (TPSA) is 75.3 Å². The van der Waals surface area contributed by atoms with Gasteiger partial charge >= 0.3 is 0 Å². The van der Waals surface area contributed by atoms with Gasteiger partial charge in [-0.05, 0) is 55.3 Å². The maximum atomic E-state index is 12.2. The van der Waals surface area contributed by atoms with E-state index in [-0.39, 0.29) is 16.8 Å². The Morgan fingerprint density at radius 1 is 1.09 bits per heavy atom. The normalized spacial score (nSPS) is 14.5. The largest absolute Gasteiger partial charge is 0.322 e. The highest BCUT2D eigenvalue weighted by Crippen LogP contribution is 2.23. The fourth-order valence-corrected chi connectivity index (χ4v) is 3.51. The monoisotopic (exact) mass is 350 g/mol. The Morgan fingerprint density at radius 2 is 1.78 bits per heavy atom. The van der Waals surface area contributed by atoms with Gasteiger partial charge in [0.1, 0.15) is 0 Å². The van der Waals surface area contributed by atoms with Crippen molar-refractivity contribution in [2.45, 2.75) is 23.8 Å². The second kappa shape index (κ2) is 6.31. The summed E-state index contributed by atoms with van der Waals surface area (Å²) in [7, 11) is -3.54. The molecule has 23 heavy (non-hydrogen) atoms. The first-order valence-electron chi connectivity index (χ1n) is 7.13. The van der Waals surface area contributed by atoms with Crippen molar-refractivity contribution in [3.63, 3.8) is 0 Å². The molecule has 0 aromatic heterocycles. The van der Waals surface area contributed by atoms with E-state index in [1.54, 1.807) is 36.4 Å². The molecule has 0 unspecified atom stereocenters. The van der Waals surface area contributed by atoms with Gasteiger partial charge in [-0.25, -0.2) is 13.1 Å². The molecule has 1 saturated carbocycles. The Balaban J connectivity index is 1.77. The SMILES string of the molecule is O=C(Nc1cccc(S(=O)(=O)NC2CC2)c1)c1ccc(Cl)cc1. The van der Waals surface area contributed by atoms with Gasteiger partial charge in [-0.2, -0.15) is 0 Å². The molecule has 2 N–H and O–H groups in total. The molecule has 0 bridgehead atoms. The van der Waals surface area contributed by atoms with E-state index in [2.05, 4.69) is 10.0 Å². The maximum absolute atomic E-state index is 12.2. The van der Waals surface area contributed by atoms with E-state index in [0.717, 1.165) is 12.8 Å². The predicted molar refractivity (Wildman–Crippen MR) is 89.2 cm³/mol. The predicted octanol–water partition coefficient (Wildman–Crippen LogP) is 3.03. The highest BCUT2D eigenvalue weighted by atomic mass is 35.5. The first kappa shape index (κ1) is 16.0. The van der Waals surface area contributed by atoms with E-state index in [1.807, 2.05) is 0 Å². The zero-order valence-electron chi connectivity index (χ0n) is 12.1. The van der Waals surface area contributed by atoms with Crippen LogP contribution in [0, 0.1) is 0 Å². The van der Waals surface area contributed by atoms with Gasteiger partial charge in [-0.3, -0.25) is 4.79 Å². The Hall–Kier alpha value is -1.89. The average molecular weight is 351 g/mol. The minimum absolute atomic E-state index is 0.0346. The molecule has 0 heterocycles. The van der Waals surface area contributed by atoms with Crippen LogP contribution in [-0.2, 0) is 10.0 Å². The number of carbonyl (C=O) groups is 1. The number of nitrogens with one attached hydrogen (secondary N) is 2. The van der Waals surface area contributed by atoms with Crippen LogP contribution in [-0.4, -0.2) is 20.4 Å². The van der Waals surface area contributed by atoms with Gasteiger partial charge in [0.05, 0.1) is 4.90 Å². The van der Waals surface area contributed by atoms with E-state index in [0.29, 0.717) is 16.3 Å². The van der Waals surface area contributed by atoms with Crippen LogP contribution in [0.25, 0.3) is 0 Å². The van der Waals surface area contributed by atoms with Gasteiger partial charge < -0.3 is 5.32 Å². The van der Waals surface area contributed by atoms with Crippen molar-refractivity contribution in [2.24, 2.45) is 0 Å². The maximum Gasteiger partial charge on any atom is 0.255 e. The molecule has 1 amide bonds. The van der Waals surface area contributed by atoms with Crippen LogP contribution >= 0.6 is 11.6 Å². The zero-order chi connectivity index (χ0) is 16.4. The van der Waals surface area contributed by atoms with Crippen LogP contribution in [0.5, 0.6) is 0 Å². The van der Waals surface area contributed by atoms with Crippen molar-refractivity contribution < 1.29 is 13.2 Å². The number of rotatable bonds is 5. The van der Waals surface area contributed by atoms with Crippen molar-refractivity contribution in [3.8, 4) is 0 Å². The van der Waals surface area contributed by atoms with Crippen molar-refractivity contribution in [1.82, 2.24) is 4.72 Å². The van der Waals surface area contributed by atoms with Crippen LogP contribution in [0.15, 0.2) is 53.4 Å². The molecule has 1 aliphatic carbocycles. The summed E-state index contributed by atoms with van der Waals surface area (Å²) in [6.07, 6.45) is 1.73. The summed E-state index contributed by atoms with van der Waals surface area (Å²) in [5.41, 5.74) is 0.863. The lowest BCUT2D eigenvalue weighted by Crippen LogP contribution is -2.25. The number of anilines is 1. The molecule has 5 nitrogen and oxygen atoms in total. The lowest BCUT2D eigenvalue weighted by atomic mass is 10.2. The van der Waals surface area contributed by atoms with E-state index in [9.17, 15) is 13.2 Å². The molecule has 0 spiro atoms. The molecular formula is C16H15ClN2O3S. The fraction of sp³-hybridized carbons (Fsp3) is 0.188. The van der Waals surface area contributed by atoms with E-state index in [4.69, 9.17) is 11.6 Å². The fourth-order valence-electron chi connectivity index (χ4n) is 2.03. The minimum atomic E-state index is -3.54. The molecule has 3 rings (SSSR count). The van der Waals surface area contributed by atoms with Gasteiger partial charge in [0, 0.05) is 22.3 Å². The molecule has 1 aliphatic rings. The van der Waals surface area contributed by atoms with Gasteiger partial charge in [-0.15, -0.1) is 0 Å². The third-order valence-corrected chi connectivity index (χ3v) is 5.18. The number of amides is 1. The third kappa shape index (κ3) is 4.10. The summed E-state index contributed by atoms with van der Waals surface area (Å²) < 4.78 is 27.0. The molecule has 0 saturated heterocycles. The summed E-state index contributed by atoms with van der Waals surface area (Å²) in [5, 5.41) is 3.23. The van der Waals surface area contributed by atoms with Crippen molar-refractivity contribution in [1.29, 1.82) is 0 Å². The Labute approximate surface area is 139 Å². The van der Waals surface area contributed by atoms with Gasteiger partial charge in [-0.1, -0.05) is 17.7 Å². The first-order valence-corrected chi connectivity index (χ1v) is 8.99. The number of hydrogen-bond acceptors (Lipinski definition) is 3. The summed E-state index contributed by atoms with van der Waals surface area (Å²) in [6.45, 7) is 0. The smallest absolute Gasteiger partial charge is 0.255 e. The molecule has 2 aromatic carbocycles. The number of halogens is 1. The zero-order valence-corrected chi connectivity index (χ0v) is 13.7. The van der Waals surface area contributed by atoms with E-state index in [1.165, 1.54) is 12.1 Å². The Bertz CT molecular complexity index is 831. The van der Waals surface area contributed by atoms with E-state index >= 15 is 0 Å². The highest BCUT2D eigenvalue weighted by molar-refractivity contribution is 7.89. The Kier molecular flexibility index (Phi) is 4.39. The molecule has 120 valence electrons.